The molecule has 0 atom stereocenters. The van der Waals surface area contributed by atoms with E-state index in [4.69, 9.17) is 0 Å². The zero-order chi connectivity index (χ0) is 43.6. The third kappa shape index (κ3) is 9.28. The molecule has 0 saturated carbocycles. The minimum atomic E-state index is 1.06. The largest absolute Gasteiger partial charge is 0.311 e. The zero-order valence-corrected chi connectivity index (χ0v) is 36.6. The summed E-state index contributed by atoms with van der Waals surface area (Å²) >= 11 is 1.77. The summed E-state index contributed by atoms with van der Waals surface area (Å²) in [7, 11) is 0. The molecule has 0 unspecified atom stereocenters. The molecule has 4 nitrogen and oxygen atoms in total. The predicted octanol–water partition coefficient (Wildman–Crippen LogP) is 17.7. The lowest BCUT2D eigenvalue weighted by atomic mass is 10.1. The fourth-order valence-electron chi connectivity index (χ4n) is 8.22. The first-order chi connectivity index (χ1) is 32.2. The molecule has 0 fully saturated rings. The van der Waals surface area contributed by atoms with Crippen LogP contribution < -0.4 is 19.6 Å². The Labute approximate surface area is 386 Å². The zero-order valence-electron chi connectivity index (χ0n) is 35.8. The van der Waals surface area contributed by atoms with Gasteiger partial charge in [0, 0.05) is 78.0 Å². The summed E-state index contributed by atoms with van der Waals surface area (Å²) in [6.45, 7) is 0. The Bertz CT molecular complexity index is 2760. The molecule has 0 amide bonds. The van der Waals surface area contributed by atoms with E-state index in [1.54, 1.807) is 11.8 Å². The van der Waals surface area contributed by atoms with E-state index in [9.17, 15) is 0 Å². The van der Waals surface area contributed by atoms with Crippen molar-refractivity contribution in [1.82, 2.24) is 0 Å². The summed E-state index contributed by atoms with van der Waals surface area (Å²) in [5.41, 5.74) is 13.1. The van der Waals surface area contributed by atoms with Crippen LogP contribution in [0.2, 0.25) is 0 Å². The molecule has 0 aliphatic rings. The highest BCUT2D eigenvalue weighted by Gasteiger charge is 2.18. The fraction of sp³-hybridized carbons (Fsp3) is 0. The molecular formula is C60H46N4S. The van der Waals surface area contributed by atoms with Crippen LogP contribution in [-0.4, -0.2) is 0 Å². The lowest BCUT2D eigenvalue weighted by Gasteiger charge is -2.29. The molecule has 10 aromatic carbocycles. The molecule has 0 aliphatic heterocycles. The van der Waals surface area contributed by atoms with Crippen LogP contribution >= 0.6 is 11.8 Å². The van der Waals surface area contributed by atoms with Gasteiger partial charge in [0.15, 0.2) is 0 Å². The van der Waals surface area contributed by atoms with Gasteiger partial charge in [0.25, 0.3) is 0 Å². The molecule has 0 saturated heterocycles. The van der Waals surface area contributed by atoms with E-state index < -0.39 is 0 Å². The number of hydrogen-bond donors (Lipinski definition) is 0. The van der Waals surface area contributed by atoms with Crippen LogP contribution in [0.3, 0.4) is 0 Å². The SMILES string of the molecule is c1ccc(N(c2ccccc2)c2ccc(Sc3ccc(N(c4ccc(N(c5ccccc5)c5ccccc5)cc4)c4ccc(N(c5ccccc5)c5ccccc5)cc4)cc3)cc2)cc1. The topological polar surface area (TPSA) is 13.0 Å². The maximum Gasteiger partial charge on any atom is 0.0463 e. The van der Waals surface area contributed by atoms with E-state index in [0.717, 1.165) is 73.1 Å². The van der Waals surface area contributed by atoms with Crippen molar-refractivity contribution in [2.24, 2.45) is 0 Å². The average molecular weight is 855 g/mol. The van der Waals surface area contributed by atoms with Gasteiger partial charge in [-0.2, -0.15) is 0 Å². The van der Waals surface area contributed by atoms with E-state index in [1.165, 1.54) is 4.90 Å². The third-order valence-electron chi connectivity index (χ3n) is 11.2. The maximum atomic E-state index is 2.34. The van der Waals surface area contributed by atoms with E-state index in [0.29, 0.717) is 0 Å². The van der Waals surface area contributed by atoms with Gasteiger partial charge in [-0.3, -0.25) is 0 Å². The summed E-state index contributed by atoms with van der Waals surface area (Å²) in [5.74, 6) is 0. The molecule has 0 N–H and O–H groups in total. The predicted molar refractivity (Wildman–Crippen MR) is 276 cm³/mol. The van der Waals surface area contributed by atoms with E-state index >= 15 is 0 Å². The Morgan fingerprint density at radius 3 is 0.462 bits per heavy atom. The Hall–Kier alpha value is -8.25. The number of rotatable bonds is 14. The second-order valence-corrected chi connectivity index (χ2v) is 16.6. The Morgan fingerprint density at radius 1 is 0.154 bits per heavy atom. The van der Waals surface area contributed by atoms with Crippen LogP contribution in [0, 0.1) is 0 Å². The van der Waals surface area contributed by atoms with Crippen molar-refractivity contribution in [1.29, 1.82) is 0 Å². The lowest BCUT2D eigenvalue weighted by Crippen LogP contribution is -2.13. The Morgan fingerprint density at radius 2 is 0.292 bits per heavy atom. The highest BCUT2D eigenvalue weighted by atomic mass is 32.2. The number of anilines is 12. The molecule has 0 aromatic heterocycles. The van der Waals surface area contributed by atoms with Crippen molar-refractivity contribution in [2.45, 2.75) is 9.79 Å². The van der Waals surface area contributed by atoms with Crippen molar-refractivity contribution in [3.05, 3.63) is 279 Å². The van der Waals surface area contributed by atoms with Gasteiger partial charge in [-0.05, 0) is 170 Å². The highest BCUT2D eigenvalue weighted by molar-refractivity contribution is 7.99. The van der Waals surface area contributed by atoms with E-state index in [-0.39, 0.29) is 0 Å². The quantitative estimate of drug-likeness (QED) is 0.108. The molecule has 10 rings (SSSR count). The van der Waals surface area contributed by atoms with Crippen LogP contribution in [0.25, 0.3) is 0 Å². The number of benzene rings is 10. The van der Waals surface area contributed by atoms with Crippen molar-refractivity contribution in [3.8, 4) is 0 Å². The third-order valence-corrected chi connectivity index (χ3v) is 12.3. The van der Waals surface area contributed by atoms with Crippen molar-refractivity contribution in [3.63, 3.8) is 0 Å². The maximum absolute atomic E-state index is 2.34. The summed E-state index contributed by atoms with van der Waals surface area (Å²) in [4.78, 5) is 11.6. The molecule has 0 radical (unpaired) electrons. The number of hydrogen-bond acceptors (Lipinski definition) is 5. The van der Waals surface area contributed by atoms with Gasteiger partial charge in [0.2, 0.25) is 0 Å². The van der Waals surface area contributed by atoms with Gasteiger partial charge in [0.05, 0.1) is 0 Å². The second kappa shape index (κ2) is 19.4. The van der Waals surface area contributed by atoms with E-state index in [2.05, 4.69) is 299 Å². The molecule has 0 bridgehead atoms. The molecule has 0 aliphatic carbocycles. The molecular weight excluding hydrogens is 809 g/mol. The van der Waals surface area contributed by atoms with Crippen LogP contribution in [0.1, 0.15) is 0 Å². The summed E-state index contributed by atoms with van der Waals surface area (Å²) < 4.78 is 0. The summed E-state index contributed by atoms with van der Waals surface area (Å²) in [5, 5.41) is 0. The summed E-state index contributed by atoms with van der Waals surface area (Å²) in [6, 6.07) is 98.7. The van der Waals surface area contributed by atoms with Gasteiger partial charge in [-0.1, -0.05) is 121 Å². The molecule has 5 heteroatoms. The van der Waals surface area contributed by atoms with E-state index in [1.807, 2.05) is 0 Å². The normalized spacial score (nSPS) is 10.8. The lowest BCUT2D eigenvalue weighted by molar-refractivity contribution is 1.24. The smallest absolute Gasteiger partial charge is 0.0463 e. The highest BCUT2D eigenvalue weighted by Crippen LogP contribution is 2.42. The van der Waals surface area contributed by atoms with Gasteiger partial charge in [0.1, 0.15) is 0 Å². The van der Waals surface area contributed by atoms with Crippen LogP contribution in [0.4, 0.5) is 68.2 Å². The van der Waals surface area contributed by atoms with Gasteiger partial charge < -0.3 is 19.6 Å². The Balaban J connectivity index is 0.973. The van der Waals surface area contributed by atoms with Gasteiger partial charge in [-0.15, -0.1) is 0 Å². The fourth-order valence-corrected chi connectivity index (χ4v) is 9.03. The molecule has 312 valence electrons. The number of para-hydroxylation sites is 6. The molecule has 0 heterocycles. The second-order valence-electron chi connectivity index (χ2n) is 15.5. The number of nitrogens with zero attached hydrogens (tertiary/aromatic N) is 4. The first-order valence-electron chi connectivity index (χ1n) is 21.8. The monoisotopic (exact) mass is 854 g/mol. The van der Waals surface area contributed by atoms with Crippen molar-refractivity contribution < 1.29 is 0 Å². The molecule has 10 aromatic rings. The average Bonchev–Trinajstić information content (AvgIpc) is 3.38. The van der Waals surface area contributed by atoms with Gasteiger partial charge >= 0.3 is 0 Å². The van der Waals surface area contributed by atoms with Gasteiger partial charge in [-0.25, -0.2) is 0 Å². The minimum absolute atomic E-state index is 1.06. The molecule has 65 heavy (non-hydrogen) atoms. The Kier molecular flexibility index (Phi) is 12.2. The minimum Gasteiger partial charge on any atom is -0.311 e. The standard InChI is InChI=1S/C60H46N4S/c1-7-19-47(20-8-1)61(48-21-9-2-10-22-48)53-31-35-55(36-32-53)64(56-37-33-54(34-38-56)62(49-23-11-3-12-24-49)50-25-13-4-14-26-50)58-41-45-60(46-42-58)65-59-43-39-57(40-44-59)63(51-27-15-5-16-28-51)52-29-17-6-18-30-52/h1-46H. The summed E-state index contributed by atoms with van der Waals surface area (Å²) in [6.07, 6.45) is 0. The van der Waals surface area contributed by atoms with Crippen LogP contribution in [0.15, 0.2) is 289 Å². The van der Waals surface area contributed by atoms with Crippen molar-refractivity contribution in [2.75, 3.05) is 19.6 Å². The van der Waals surface area contributed by atoms with Crippen LogP contribution in [-0.2, 0) is 0 Å². The molecule has 0 spiro atoms. The van der Waals surface area contributed by atoms with Crippen molar-refractivity contribution >= 4 is 80.0 Å². The first kappa shape index (κ1) is 40.8. The van der Waals surface area contributed by atoms with Crippen LogP contribution in [0.5, 0.6) is 0 Å². The first-order valence-corrected chi connectivity index (χ1v) is 22.7.